The lowest BCUT2D eigenvalue weighted by atomic mass is 9.79. The standard InChI is InChI=1S/C13H17F3O/c14-13(15,16)12-4-2-1-3-11(12)9-10-5-7-17-8-6-10/h1-4,10-12H,5-9H2. The van der Waals surface area contributed by atoms with Crippen molar-refractivity contribution in [3.05, 3.63) is 24.3 Å². The number of ether oxygens (including phenoxy) is 1. The SMILES string of the molecule is FC(F)(F)C1C=CC=CC1CC1CCOCC1. The van der Waals surface area contributed by atoms with Gasteiger partial charge in [0.2, 0.25) is 0 Å². The zero-order valence-electron chi connectivity index (χ0n) is 9.62. The van der Waals surface area contributed by atoms with Gasteiger partial charge in [-0.15, -0.1) is 0 Å². The smallest absolute Gasteiger partial charge is 0.381 e. The first-order valence-corrected chi connectivity index (χ1v) is 6.07. The molecule has 1 nitrogen and oxygen atoms in total. The normalized spacial score (nSPS) is 30.8. The molecule has 4 heteroatoms. The average Bonchev–Trinajstić information content (AvgIpc) is 2.30. The van der Waals surface area contributed by atoms with Gasteiger partial charge in [-0.25, -0.2) is 0 Å². The van der Waals surface area contributed by atoms with Crippen molar-refractivity contribution in [3.63, 3.8) is 0 Å². The van der Waals surface area contributed by atoms with Gasteiger partial charge < -0.3 is 4.74 Å². The molecule has 0 N–H and O–H groups in total. The van der Waals surface area contributed by atoms with E-state index in [-0.39, 0.29) is 0 Å². The Kier molecular flexibility index (Phi) is 3.92. The molecule has 1 fully saturated rings. The van der Waals surface area contributed by atoms with Crippen molar-refractivity contribution in [1.29, 1.82) is 0 Å². The Morgan fingerprint density at radius 1 is 1.06 bits per heavy atom. The molecule has 1 aliphatic carbocycles. The van der Waals surface area contributed by atoms with Crippen LogP contribution in [-0.4, -0.2) is 19.4 Å². The summed E-state index contributed by atoms with van der Waals surface area (Å²) < 4.78 is 43.7. The Bertz CT molecular complexity index is 300. The Balaban J connectivity index is 1.97. The fraction of sp³-hybridized carbons (Fsp3) is 0.692. The summed E-state index contributed by atoms with van der Waals surface area (Å²) in [6, 6.07) is 0. The maximum Gasteiger partial charge on any atom is 0.395 e. The Morgan fingerprint density at radius 2 is 1.71 bits per heavy atom. The van der Waals surface area contributed by atoms with Crippen LogP contribution in [0.1, 0.15) is 19.3 Å². The fourth-order valence-electron chi connectivity index (χ4n) is 2.60. The minimum Gasteiger partial charge on any atom is -0.381 e. The number of halogens is 3. The molecule has 2 unspecified atom stereocenters. The van der Waals surface area contributed by atoms with Crippen LogP contribution in [0.25, 0.3) is 0 Å². The van der Waals surface area contributed by atoms with E-state index in [4.69, 9.17) is 4.74 Å². The van der Waals surface area contributed by atoms with E-state index < -0.39 is 18.0 Å². The zero-order valence-corrected chi connectivity index (χ0v) is 9.62. The van der Waals surface area contributed by atoms with E-state index in [2.05, 4.69) is 0 Å². The Hall–Kier alpha value is -0.770. The molecule has 2 atom stereocenters. The third-order valence-electron chi connectivity index (χ3n) is 3.57. The molecule has 0 amide bonds. The predicted octanol–water partition coefficient (Wildman–Crippen LogP) is 3.72. The van der Waals surface area contributed by atoms with Gasteiger partial charge in [-0.3, -0.25) is 0 Å². The highest BCUT2D eigenvalue weighted by Gasteiger charge is 2.43. The van der Waals surface area contributed by atoms with Gasteiger partial charge in [0.05, 0.1) is 5.92 Å². The van der Waals surface area contributed by atoms with E-state index in [1.165, 1.54) is 12.2 Å². The molecule has 1 heterocycles. The van der Waals surface area contributed by atoms with Gasteiger partial charge in [0.1, 0.15) is 0 Å². The number of alkyl halides is 3. The van der Waals surface area contributed by atoms with Gasteiger partial charge in [-0.1, -0.05) is 24.3 Å². The lowest BCUT2D eigenvalue weighted by Crippen LogP contribution is -2.31. The van der Waals surface area contributed by atoms with Crippen molar-refractivity contribution >= 4 is 0 Å². The topological polar surface area (TPSA) is 9.23 Å². The third-order valence-corrected chi connectivity index (χ3v) is 3.57. The molecule has 0 aromatic carbocycles. The predicted molar refractivity (Wildman–Crippen MR) is 59.5 cm³/mol. The monoisotopic (exact) mass is 246 g/mol. The van der Waals surface area contributed by atoms with Crippen molar-refractivity contribution < 1.29 is 17.9 Å². The van der Waals surface area contributed by atoms with Crippen LogP contribution in [0.15, 0.2) is 24.3 Å². The van der Waals surface area contributed by atoms with Gasteiger partial charge in [-0.2, -0.15) is 13.2 Å². The highest BCUT2D eigenvalue weighted by Crippen LogP contribution is 2.39. The average molecular weight is 246 g/mol. The highest BCUT2D eigenvalue weighted by atomic mass is 19.4. The second-order valence-corrected chi connectivity index (χ2v) is 4.79. The van der Waals surface area contributed by atoms with Crippen molar-refractivity contribution in [2.24, 2.45) is 17.8 Å². The second-order valence-electron chi connectivity index (χ2n) is 4.79. The summed E-state index contributed by atoms with van der Waals surface area (Å²) in [5.74, 6) is -1.34. The molecular weight excluding hydrogens is 229 g/mol. The van der Waals surface area contributed by atoms with Crippen LogP contribution in [0.2, 0.25) is 0 Å². The van der Waals surface area contributed by atoms with Crippen molar-refractivity contribution in [2.75, 3.05) is 13.2 Å². The van der Waals surface area contributed by atoms with Crippen LogP contribution >= 0.6 is 0 Å². The van der Waals surface area contributed by atoms with E-state index in [9.17, 15) is 13.2 Å². The number of rotatable bonds is 2. The number of hydrogen-bond acceptors (Lipinski definition) is 1. The molecule has 17 heavy (non-hydrogen) atoms. The highest BCUT2D eigenvalue weighted by molar-refractivity contribution is 5.16. The van der Waals surface area contributed by atoms with Crippen molar-refractivity contribution in [1.82, 2.24) is 0 Å². The summed E-state index contributed by atoms with van der Waals surface area (Å²) in [6.45, 7) is 1.38. The van der Waals surface area contributed by atoms with Crippen LogP contribution in [0, 0.1) is 17.8 Å². The molecule has 1 saturated heterocycles. The molecule has 0 spiro atoms. The van der Waals surface area contributed by atoms with E-state index in [0.29, 0.717) is 25.6 Å². The minimum atomic E-state index is -4.13. The largest absolute Gasteiger partial charge is 0.395 e. The Morgan fingerprint density at radius 3 is 2.35 bits per heavy atom. The molecule has 0 aromatic heterocycles. The van der Waals surface area contributed by atoms with Gasteiger partial charge in [0.25, 0.3) is 0 Å². The van der Waals surface area contributed by atoms with Crippen molar-refractivity contribution in [3.8, 4) is 0 Å². The summed E-state index contributed by atoms with van der Waals surface area (Å²) in [6.07, 6.45) is 4.48. The molecule has 2 aliphatic rings. The van der Waals surface area contributed by atoms with Gasteiger partial charge in [0.15, 0.2) is 0 Å². The first-order chi connectivity index (χ1) is 8.07. The summed E-state index contributed by atoms with van der Waals surface area (Å²) in [4.78, 5) is 0. The summed E-state index contributed by atoms with van der Waals surface area (Å²) >= 11 is 0. The van der Waals surface area contributed by atoms with Crippen LogP contribution in [0.5, 0.6) is 0 Å². The van der Waals surface area contributed by atoms with Gasteiger partial charge in [-0.05, 0) is 31.1 Å². The van der Waals surface area contributed by atoms with Crippen LogP contribution in [-0.2, 0) is 4.74 Å². The molecule has 0 aromatic rings. The first kappa shape index (κ1) is 12.7. The fourth-order valence-corrected chi connectivity index (χ4v) is 2.60. The van der Waals surface area contributed by atoms with Crippen LogP contribution in [0.3, 0.4) is 0 Å². The first-order valence-electron chi connectivity index (χ1n) is 6.07. The lowest BCUT2D eigenvalue weighted by Gasteiger charge is -2.31. The lowest BCUT2D eigenvalue weighted by molar-refractivity contribution is -0.172. The van der Waals surface area contributed by atoms with Crippen LogP contribution in [0.4, 0.5) is 13.2 Å². The number of hydrogen-bond donors (Lipinski definition) is 0. The maximum atomic E-state index is 12.8. The molecule has 2 rings (SSSR count). The summed E-state index contributed by atoms with van der Waals surface area (Å²) in [5.41, 5.74) is 0. The minimum absolute atomic E-state index is 0.370. The molecule has 0 radical (unpaired) electrons. The molecule has 0 bridgehead atoms. The summed E-state index contributed by atoms with van der Waals surface area (Å²) in [7, 11) is 0. The van der Waals surface area contributed by atoms with Gasteiger partial charge >= 0.3 is 6.18 Å². The van der Waals surface area contributed by atoms with E-state index >= 15 is 0 Å². The molecule has 96 valence electrons. The van der Waals surface area contributed by atoms with Crippen molar-refractivity contribution in [2.45, 2.75) is 25.4 Å². The maximum absolute atomic E-state index is 12.8. The second kappa shape index (κ2) is 5.25. The Labute approximate surface area is 99.3 Å². The molecular formula is C13H17F3O. The number of allylic oxidation sites excluding steroid dienone is 4. The summed E-state index contributed by atoms with van der Waals surface area (Å²) in [5, 5.41) is 0. The van der Waals surface area contributed by atoms with E-state index in [1.807, 2.05) is 0 Å². The van der Waals surface area contributed by atoms with E-state index in [0.717, 1.165) is 12.8 Å². The van der Waals surface area contributed by atoms with Crippen LogP contribution < -0.4 is 0 Å². The van der Waals surface area contributed by atoms with E-state index in [1.54, 1.807) is 12.2 Å². The molecule has 0 saturated carbocycles. The zero-order chi connectivity index (χ0) is 12.3. The molecule has 1 aliphatic heterocycles. The van der Waals surface area contributed by atoms with Gasteiger partial charge in [0, 0.05) is 13.2 Å². The quantitative estimate of drug-likeness (QED) is 0.721. The third kappa shape index (κ3) is 3.35.